The minimum Gasteiger partial charge on any atom is -0.456 e. The van der Waals surface area contributed by atoms with Crippen molar-refractivity contribution in [2.45, 2.75) is 328 Å². The summed E-state index contributed by atoms with van der Waals surface area (Å²) in [7, 11) is 1.49. The number of nitrogens with zero attached hydrogens (tertiary/aromatic N) is 1. The van der Waals surface area contributed by atoms with Crippen LogP contribution in [0.4, 0.5) is 0 Å². The molecule has 10 heteroatoms. The van der Waals surface area contributed by atoms with Crippen LogP contribution in [0.2, 0.25) is 0 Å². The summed E-state index contributed by atoms with van der Waals surface area (Å²) in [5.74, 6) is -0.514. The van der Waals surface area contributed by atoms with Gasteiger partial charge in [0.1, 0.15) is 19.3 Å². The lowest BCUT2D eigenvalue weighted by atomic mass is 10.0. The predicted molar refractivity (Wildman–Crippen MR) is 360 cm³/mol. The number of phosphoric ester groups is 1. The number of likely N-dealkylation sites (N-methyl/N-ethyl adjacent to an activating group) is 1. The molecular formula is C73H134N2O7P+. The fraction of sp³-hybridized carbons (Fsp3) is 0.781. The van der Waals surface area contributed by atoms with Gasteiger partial charge in [-0.1, -0.05) is 305 Å². The Kier molecular flexibility index (Phi) is 60.1. The van der Waals surface area contributed by atoms with E-state index in [0.717, 1.165) is 122 Å². The average molecular weight is 1180 g/mol. The number of hydrogen-bond acceptors (Lipinski definition) is 6. The van der Waals surface area contributed by atoms with Gasteiger partial charge in [0.05, 0.1) is 33.8 Å². The summed E-state index contributed by atoms with van der Waals surface area (Å²) in [6, 6.07) is -0.859. The molecule has 3 atom stereocenters. The third-order valence-corrected chi connectivity index (χ3v) is 16.3. The van der Waals surface area contributed by atoms with Crippen molar-refractivity contribution in [3.05, 3.63) is 85.1 Å². The van der Waals surface area contributed by atoms with E-state index in [1.807, 2.05) is 33.3 Å². The summed E-state index contributed by atoms with van der Waals surface area (Å²) in [4.78, 5) is 37.9. The van der Waals surface area contributed by atoms with Gasteiger partial charge in [0.25, 0.3) is 0 Å². The summed E-state index contributed by atoms with van der Waals surface area (Å²) >= 11 is 0. The third kappa shape index (κ3) is 63.5. The first kappa shape index (κ1) is 80.2. The summed E-state index contributed by atoms with van der Waals surface area (Å²) in [6.07, 6.45) is 83.1. The first-order chi connectivity index (χ1) is 40.4. The molecule has 0 heterocycles. The zero-order chi connectivity index (χ0) is 60.7. The molecule has 0 aromatic rings. The minimum atomic E-state index is -4.46. The Morgan fingerprint density at radius 1 is 0.434 bits per heavy atom. The van der Waals surface area contributed by atoms with Crippen molar-refractivity contribution in [1.82, 2.24) is 5.32 Å². The molecule has 1 amide bonds. The van der Waals surface area contributed by atoms with E-state index >= 15 is 0 Å². The van der Waals surface area contributed by atoms with Crippen molar-refractivity contribution in [1.29, 1.82) is 0 Å². The number of quaternary nitrogens is 1. The van der Waals surface area contributed by atoms with Crippen LogP contribution in [-0.2, 0) is 27.9 Å². The van der Waals surface area contributed by atoms with Crippen molar-refractivity contribution in [2.75, 3.05) is 40.9 Å². The van der Waals surface area contributed by atoms with Crippen LogP contribution in [-0.4, -0.2) is 74.3 Å². The van der Waals surface area contributed by atoms with Crippen molar-refractivity contribution in [3.8, 4) is 0 Å². The summed E-state index contributed by atoms with van der Waals surface area (Å²) < 4.78 is 30.8. The number of esters is 1. The van der Waals surface area contributed by atoms with Crippen LogP contribution in [0.3, 0.4) is 0 Å². The van der Waals surface area contributed by atoms with Gasteiger partial charge in [0.15, 0.2) is 0 Å². The van der Waals surface area contributed by atoms with Gasteiger partial charge < -0.3 is 19.4 Å². The fourth-order valence-electron chi connectivity index (χ4n) is 10.0. The van der Waals surface area contributed by atoms with Crippen LogP contribution in [0.1, 0.15) is 316 Å². The number of amides is 1. The Hall–Kier alpha value is -2.81. The van der Waals surface area contributed by atoms with Gasteiger partial charge in [-0.05, 0) is 83.1 Å². The molecule has 0 aliphatic carbocycles. The zero-order valence-electron chi connectivity index (χ0n) is 55.2. The Morgan fingerprint density at radius 3 is 1.16 bits per heavy atom. The maximum atomic E-state index is 13.6. The molecule has 0 fully saturated rings. The van der Waals surface area contributed by atoms with E-state index < -0.39 is 20.0 Å². The first-order valence-corrected chi connectivity index (χ1v) is 36.4. The molecule has 482 valence electrons. The first-order valence-electron chi connectivity index (χ1n) is 34.9. The van der Waals surface area contributed by atoms with Crippen LogP contribution in [0, 0.1) is 0 Å². The quantitative estimate of drug-likeness (QED) is 0.0205. The zero-order valence-corrected chi connectivity index (χ0v) is 56.1. The van der Waals surface area contributed by atoms with Gasteiger partial charge in [0, 0.05) is 12.8 Å². The Labute approximate surface area is 514 Å². The molecular weight excluding hydrogens is 1050 g/mol. The smallest absolute Gasteiger partial charge is 0.456 e. The van der Waals surface area contributed by atoms with Crippen molar-refractivity contribution in [2.24, 2.45) is 0 Å². The minimum absolute atomic E-state index is 0.0351. The molecule has 3 unspecified atom stereocenters. The highest BCUT2D eigenvalue weighted by Gasteiger charge is 2.30. The molecule has 0 aliphatic heterocycles. The molecule has 83 heavy (non-hydrogen) atoms. The van der Waals surface area contributed by atoms with E-state index in [1.54, 1.807) is 0 Å². The standard InChI is InChI=1S/C73H133N2O7P/c1-7-10-13-16-19-22-25-27-29-31-33-35-36-37-38-40-41-43-45-47-50-53-56-59-62-65-72(76)74-70(69-81-83(78,79)80-68-67-75(4,5)6)71(64-61-58-55-52-49-24-21-18-15-12-9-3)82-73(77)66-63-60-57-54-51-48-46-44-42-39-34-32-30-28-26-23-20-17-14-11-8-2/h10,13,19,22,27,29,33,35,37-38,41,43,61,64,70-71H,7-9,11-12,14-18,20-21,23-26,28,30-32,34,36,39-40,42,44-60,62-63,65-69H2,1-6H3,(H-,74,76,78,79)/p+1/b13-10-,22-19-,29-27-,35-33-,38-37-,43-41-,64-61+. The highest BCUT2D eigenvalue weighted by molar-refractivity contribution is 7.47. The second-order valence-corrected chi connectivity index (χ2v) is 26.1. The molecule has 0 radical (unpaired) electrons. The Bertz CT molecular complexity index is 1700. The van der Waals surface area contributed by atoms with Gasteiger partial charge in [-0.25, -0.2) is 4.57 Å². The van der Waals surface area contributed by atoms with Crippen molar-refractivity contribution < 1.29 is 37.3 Å². The molecule has 0 aromatic carbocycles. The SMILES string of the molecule is CC/C=C\C/C=C\C/C=C\C/C=C\C/C=C\C/C=C\CCCCCCCCC(=O)NC(COP(=O)(O)OCC[N+](C)(C)C)C(/C=C/CCCCCCCCCCC)OC(=O)CCCCCCCCCCCCCCCCCCCCCCC. The molecule has 0 aliphatic rings. The highest BCUT2D eigenvalue weighted by Crippen LogP contribution is 2.43. The predicted octanol–water partition coefficient (Wildman–Crippen LogP) is 22.1. The van der Waals surface area contributed by atoms with E-state index in [9.17, 15) is 19.0 Å². The number of allylic oxidation sites excluding steroid dienone is 13. The summed E-state index contributed by atoms with van der Waals surface area (Å²) in [5.41, 5.74) is 0. The van der Waals surface area contributed by atoms with Gasteiger partial charge in [-0.2, -0.15) is 0 Å². The fourth-order valence-corrected chi connectivity index (χ4v) is 10.7. The average Bonchev–Trinajstić information content (AvgIpc) is 3.51. The van der Waals surface area contributed by atoms with E-state index in [2.05, 4.69) is 99.0 Å². The van der Waals surface area contributed by atoms with Crippen LogP contribution < -0.4 is 5.32 Å². The van der Waals surface area contributed by atoms with Crippen LogP contribution in [0.25, 0.3) is 0 Å². The number of ether oxygens (including phenoxy) is 1. The maximum Gasteiger partial charge on any atom is 0.472 e. The molecule has 2 N–H and O–H groups in total. The van der Waals surface area contributed by atoms with Gasteiger partial charge in [0.2, 0.25) is 5.91 Å². The molecule has 0 aromatic heterocycles. The number of carbonyl (C=O) groups excluding carboxylic acids is 2. The Balaban J connectivity index is 5.09. The van der Waals surface area contributed by atoms with Gasteiger partial charge >= 0.3 is 13.8 Å². The van der Waals surface area contributed by atoms with Crippen LogP contribution in [0.15, 0.2) is 85.1 Å². The number of carbonyl (C=O) groups is 2. The Morgan fingerprint density at radius 2 is 0.771 bits per heavy atom. The molecule has 0 saturated heterocycles. The summed E-state index contributed by atoms with van der Waals surface area (Å²) in [6.45, 7) is 6.91. The molecule has 0 saturated carbocycles. The van der Waals surface area contributed by atoms with E-state index in [4.69, 9.17) is 13.8 Å². The number of hydrogen-bond donors (Lipinski definition) is 2. The molecule has 9 nitrogen and oxygen atoms in total. The van der Waals surface area contributed by atoms with Gasteiger partial charge in [-0.15, -0.1) is 0 Å². The van der Waals surface area contributed by atoms with E-state index in [0.29, 0.717) is 17.4 Å². The van der Waals surface area contributed by atoms with Crippen LogP contribution >= 0.6 is 7.82 Å². The second kappa shape index (κ2) is 62.2. The van der Waals surface area contributed by atoms with Crippen molar-refractivity contribution >= 4 is 19.7 Å². The molecule has 0 bridgehead atoms. The van der Waals surface area contributed by atoms with Crippen molar-refractivity contribution in [3.63, 3.8) is 0 Å². The lowest BCUT2D eigenvalue weighted by Crippen LogP contribution is -2.47. The van der Waals surface area contributed by atoms with E-state index in [-0.39, 0.29) is 31.5 Å². The van der Waals surface area contributed by atoms with E-state index in [1.165, 1.54) is 161 Å². The topological polar surface area (TPSA) is 111 Å². The number of nitrogens with one attached hydrogen (secondary N) is 1. The van der Waals surface area contributed by atoms with Crippen LogP contribution in [0.5, 0.6) is 0 Å². The largest absolute Gasteiger partial charge is 0.472 e. The third-order valence-electron chi connectivity index (χ3n) is 15.3. The lowest BCUT2D eigenvalue weighted by molar-refractivity contribution is -0.870. The molecule has 0 rings (SSSR count). The second-order valence-electron chi connectivity index (χ2n) is 24.7. The number of rotatable bonds is 63. The maximum absolute atomic E-state index is 13.6. The normalized spacial score (nSPS) is 14.1. The number of phosphoric acid groups is 1. The monoisotopic (exact) mass is 1180 g/mol. The number of unbranched alkanes of at least 4 members (excludes halogenated alkanes) is 35. The highest BCUT2D eigenvalue weighted by atomic mass is 31.2. The summed E-state index contributed by atoms with van der Waals surface area (Å²) in [5, 5.41) is 3.06. The van der Waals surface area contributed by atoms with Gasteiger partial charge in [-0.3, -0.25) is 18.6 Å². The molecule has 0 spiro atoms. The lowest BCUT2D eigenvalue weighted by Gasteiger charge is -2.27.